The number of hydrogen-bond donors (Lipinski definition) is 2. The minimum atomic E-state index is -0.0228. The summed E-state index contributed by atoms with van der Waals surface area (Å²) in [7, 11) is 1.56. The third-order valence-electron chi connectivity index (χ3n) is 3.10. The van der Waals surface area contributed by atoms with Crippen LogP contribution in [0, 0.1) is 0 Å². The highest BCUT2D eigenvalue weighted by atomic mass is 16.5. The molecule has 20 heavy (non-hydrogen) atoms. The van der Waals surface area contributed by atoms with E-state index in [0.717, 1.165) is 11.3 Å². The Balaban J connectivity index is 2.10. The minimum absolute atomic E-state index is 0.0228. The Labute approximate surface area is 117 Å². The van der Waals surface area contributed by atoms with Crippen molar-refractivity contribution < 1.29 is 9.84 Å². The molecule has 0 saturated carbocycles. The molecule has 0 spiro atoms. The number of nitrogens with zero attached hydrogens (tertiary/aromatic N) is 1. The third kappa shape index (κ3) is 3.12. The summed E-state index contributed by atoms with van der Waals surface area (Å²) in [6, 6.07) is 8.43. The summed E-state index contributed by atoms with van der Waals surface area (Å²) < 4.78 is 6.66. The molecule has 0 bridgehead atoms. The van der Waals surface area contributed by atoms with Crippen LogP contribution in [0.4, 0.5) is 5.69 Å². The Morgan fingerprint density at radius 3 is 2.75 bits per heavy atom. The molecule has 0 amide bonds. The van der Waals surface area contributed by atoms with Crippen LogP contribution in [0.15, 0.2) is 41.3 Å². The number of methoxy groups -OCH3 is 1. The van der Waals surface area contributed by atoms with Gasteiger partial charge in [0, 0.05) is 37.0 Å². The Hall–Kier alpha value is -2.43. The number of nitrogens with one attached hydrogen (secondary N) is 1. The number of benzene rings is 1. The van der Waals surface area contributed by atoms with Crippen LogP contribution in [-0.2, 0) is 13.1 Å². The first kappa shape index (κ1) is 14.0. The highest BCUT2D eigenvalue weighted by Gasteiger charge is 2.03. The second-order valence-electron chi connectivity index (χ2n) is 4.39. The number of hydrogen-bond acceptors (Lipinski definition) is 4. The van der Waals surface area contributed by atoms with E-state index < -0.39 is 0 Å². The average molecular weight is 274 g/mol. The first-order chi connectivity index (χ1) is 9.63. The second-order valence-corrected chi connectivity index (χ2v) is 4.39. The maximum absolute atomic E-state index is 11.5. The van der Waals surface area contributed by atoms with E-state index in [2.05, 4.69) is 5.32 Å². The van der Waals surface area contributed by atoms with Crippen molar-refractivity contribution in [3.05, 3.63) is 52.4 Å². The molecular formula is C15H18N2O3. The number of anilines is 1. The van der Waals surface area contributed by atoms with E-state index in [0.29, 0.717) is 18.8 Å². The Kier molecular flexibility index (Phi) is 4.30. The van der Waals surface area contributed by atoms with Crippen molar-refractivity contribution in [3.8, 4) is 11.5 Å². The van der Waals surface area contributed by atoms with Crippen LogP contribution in [-0.4, -0.2) is 16.8 Å². The molecule has 2 rings (SSSR count). The molecule has 1 aromatic carbocycles. The van der Waals surface area contributed by atoms with Crippen molar-refractivity contribution in [1.29, 1.82) is 0 Å². The number of pyridine rings is 1. The molecule has 1 heterocycles. The van der Waals surface area contributed by atoms with Crippen molar-refractivity contribution in [3.63, 3.8) is 0 Å². The van der Waals surface area contributed by atoms with Crippen LogP contribution in [0.25, 0.3) is 0 Å². The molecule has 0 fully saturated rings. The highest BCUT2D eigenvalue weighted by molar-refractivity contribution is 5.45. The van der Waals surface area contributed by atoms with Crippen molar-refractivity contribution in [1.82, 2.24) is 4.57 Å². The Morgan fingerprint density at radius 1 is 1.30 bits per heavy atom. The lowest BCUT2D eigenvalue weighted by atomic mass is 10.2. The molecule has 2 aromatic rings. The van der Waals surface area contributed by atoms with Crippen LogP contribution in [0.5, 0.6) is 11.5 Å². The number of rotatable bonds is 5. The first-order valence-corrected chi connectivity index (χ1v) is 6.44. The monoisotopic (exact) mass is 274 g/mol. The Bertz CT molecular complexity index is 650. The van der Waals surface area contributed by atoms with Gasteiger partial charge in [-0.3, -0.25) is 4.79 Å². The molecule has 0 radical (unpaired) electrons. The molecule has 1 aromatic heterocycles. The van der Waals surface area contributed by atoms with Crippen LogP contribution < -0.4 is 15.6 Å². The molecular weight excluding hydrogens is 256 g/mol. The summed E-state index contributed by atoms with van der Waals surface area (Å²) in [4.78, 5) is 11.5. The van der Waals surface area contributed by atoms with Crippen molar-refractivity contribution in [2.45, 2.75) is 20.0 Å². The van der Waals surface area contributed by atoms with Gasteiger partial charge in [-0.25, -0.2) is 0 Å². The van der Waals surface area contributed by atoms with Gasteiger partial charge in [0.05, 0.1) is 12.8 Å². The van der Waals surface area contributed by atoms with Crippen LogP contribution in [0.2, 0.25) is 0 Å². The summed E-state index contributed by atoms with van der Waals surface area (Å²) >= 11 is 0. The summed E-state index contributed by atoms with van der Waals surface area (Å²) in [6.45, 7) is 3.01. The number of phenolic OH excluding ortho intramolecular Hbond substituents is 1. The molecule has 0 unspecified atom stereocenters. The van der Waals surface area contributed by atoms with E-state index in [9.17, 15) is 9.90 Å². The fraction of sp³-hybridized carbons (Fsp3) is 0.267. The van der Waals surface area contributed by atoms with Gasteiger partial charge in [0.15, 0.2) is 0 Å². The van der Waals surface area contributed by atoms with Crippen LogP contribution in [0.1, 0.15) is 12.5 Å². The summed E-state index contributed by atoms with van der Waals surface area (Å²) in [6.07, 6.45) is 1.77. The van der Waals surface area contributed by atoms with E-state index in [1.807, 2.05) is 6.92 Å². The molecule has 0 aliphatic heterocycles. The SMILES string of the molecule is CCn1cc(NCc2ccc(OC)cc2O)ccc1=O. The van der Waals surface area contributed by atoms with Crippen molar-refractivity contribution in [2.24, 2.45) is 0 Å². The third-order valence-corrected chi connectivity index (χ3v) is 3.10. The largest absolute Gasteiger partial charge is 0.507 e. The zero-order chi connectivity index (χ0) is 14.5. The summed E-state index contributed by atoms with van der Waals surface area (Å²) in [5, 5.41) is 13.1. The molecule has 5 nitrogen and oxygen atoms in total. The number of aromatic hydroxyl groups is 1. The van der Waals surface area contributed by atoms with Crippen LogP contribution in [0.3, 0.4) is 0 Å². The van der Waals surface area contributed by atoms with E-state index in [1.54, 1.807) is 42.1 Å². The van der Waals surface area contributed by atoms with Gasteiger partial charge in [-0.05, 0) is 25.1 Å². The zero-order valence-electron chi connectivity index (χ0n) is 11.6. The van der Waals surface area contributed by atoms with Gasteiger partial charge in [-0.15, -0.1) is 0 Å². The zero-order valence-corrected chi connectivity index (χ0v) is 11.6. The maximum atomic E-state index is 11.5. The van der Waals surface area contributed by atoms with E-state index in [1.165, 1.54) is 6.07 Å². The molecule has 0 saturated heterocycles. The van der Waals surface area contributed by atoms with Crippen molar-refractivity contribution >= 4 is 5.69 Å². The van der Waals surface area contributed by atoms with E-state index in [-0.39, 0.29) is 11.3 Å². The fourth-order valence-electron chi connectivity index (χ4n) is 1.90. The molecule has 5 heteroatoms. The number of ether oxygens (including phenoxy) is 1. The fourth-order valence-corrected chi connectivity index (χ4v) is 1.90. The van der Waals surface area contributed by atoms with Gasteiger partial charge in [-0.2, -0.15) is 0 Å². The first-order valence-electron chi connectivity index (χ1n) is 6.44. The smallest absolute Gasteiger partial charge is 0.250 e. The molecule has 0 atom stereocenters. The second kappa shape index (κ2) is 6.14. The van der Waals surface area contributed by atoms with Gasteiger partial charge in [0.2, 0.25) is 0 Å². The quantitative estimate of drug-likeness (QED) is 0.877. The van der Waals surface area contributed by atoms with Gasteiger partial charge in [-0.1, -0.05) is 0 Å². The predicted octanol–water partition coefficient (Wildman–Crippen LogP) is 2.19. The number of aromatic nitrogens is 1. The molecule has 0 aliphatic rings. The Morgan fingerprint density at radius 2 is 2.10 bits per heavy atom. The average Bonchev–Trinajstić information content (AvgIpc) is 2.47. The normalized spacial score (nSPS) is 10.3. The van der Waals surface area contributed by atoms with Crippen molar-refractivity contribution in [2.75, 3.05) is 12.4 Å². The highest BCUT2D eigenvalue weighted by Crippen LogP contribution is 2.24. The van der Waals surface area contributed by atoms with Gasteiger partial charge < -0.3 is 19.7 Å². The van der Waals surface area contributed by atoms with Crippen LogP contribution >= 0.6 is 0 Å². The summed E-state index contributed by atoms with van der Waals surface area (Å²) in [5.74, 6) is 0.798. The van der Waals surface area contributed by atoms with Gasteiger partial charge >= 0.3 is 0 Å². The number of aryl methyl sites for hydroxylation is 1. The molecule has 2 N–H and O–H groups in total. The lowest BCUT2D eigenvalue weighted by molar-refractivity contribution is 0.406. The number of phenols is 1. The van der Waals surface area contributed by atoms with Gasteiger partial charge in [0.25, 0.3) is 5.56 Å². The molecule has 106 valence electrons. The van der Waals surface area contributed by atoms with E-state index >= 15 is 0 Å². The summed E-state index contributed by atoms with van der Waals surface area (Å²) in [5.41, 5.74) is 1.58. The lowest BCUT2D eigenvalue weighted by Crippen LogP contribution is -2.17. The standard InChI is InChI=1S/C15H18N2O3/c1-3-17-10-12(5-7-15(17)19)16-9-11-4-6-13(20-2)8-14(11)18/h4-8,10,16,18H,3,9H2,1-2H3. The minimum Gasteiger partial charge on any atom is -0.507 e. The topological polar surface area (TPSA) is 63.5 Å². The predicted molar refractivity (Wildman–Crippen MR) is 78.4 cm³/mol. The lowest BCUT2D eigenvalue weighted by Gasteiger charge is -2.11. The maximum Gasteiger partial charge on any atom is 0.250 e. The van der Waals surface area contributed by atoms with Gasteiger partial charge in [0.1, 0.15) is 11.5 Å². The van der Waals surface area contributed by atoms with E-state index in [4.69, 9.17) is 4.74 Å². The molecule has 0 aliphatic carbocycles.